The summed E-state index contributed by atoms with van der Waals surface area (Å²) in [5.41, 5.74) is 4.31. The van der Waals surface area contributed by atoms with Crippen LogP contribution in [0.3, 0.4) is 0 Å². The molecule has 6 rings (SSSR count). The molecule has 4 aromatic rings. The molecule has 1 spiro atoms. The highest BCUT2D eigenvalue weighted by atomic mass is 32.1. The number of fused-ring (bicyclic) bond motifs is 1. The van der Waals surface area contributed by atoms with Crippen LogP contribution in [0, 0.1) is 0 Å². The minimum absolute atomic E-state index is 0.0264. The van der Waals surface area contributed by atoms with Gasteiger partial charge in [-0.2, -0.15) is 0 Å². The molecule has 0 bridgehead atoms. The lowest BCUT2D eigenvalue weighted by molar-refractivity contribution is -0.132. The summed E-state index contributed by atoms with van der Waals surface area (Å²) in [6.07, 6.45) is 9.08. The number of phenolic OH excluding ortho intramolecular Hbond substituents is 1. The number of amides is 2. The molecule has 322 valence electrons. The number of piperidine rings is 1. The largest absolute Gasteiger partial charge is 0.506 e. The molecule has 13 nitrogen and oxygen atoms in total. The Labute approximate surface area is 355 Å². The average molecular weight is 851 g/mol. The lowest BCUT2D eigenvalue weighted by atomic mass is 9.89. The number of thiazole rings is 2. The van der Waals surface area contributed by atoms with E-state index in [2.05, 4.69) is 51.4 Å². The number of likely N-dealkylation sites (tertiary alicyclic amines) is 1. The Balaban J connectivity index is 0.854. The van der Waals surface area contributed by atoms with Gasteiger partial charge in [-0.25, -0.2) is 4.98 Å². The van der Waals surface area contributed by atoms with Gasteiger partial charge in [0.15, 0.2) is 0 Å². The zero-order chi connectivity index (χ0) is 41.5. The fraction of sp³-hybridized carbons (Fsp3) is 0.591. The van der Waals surface area contributed by atoms with Crippen molar-refractivity contribution < 1.29 is 29.3 Å². The zero-order valence-electron chi connectivity index (χ0n) is 34.6. The molecule has 2 saturated heterocycles. The number of benzene rings is 2. The average Bonchev–Trinajstić information content (AvgIpc) is 3.91. The maximum absolute atomic E-state index is 13.2. The van der Waals surface area contributed by atoms with Gasteiger partial charge in [0.1, 0.15) is 17.0 Å². The highest BCUT2D eigenvalue weighted by molar-refractivity contribution is 7.16. The van der Waals surface area contributed by atoms with Crippen LogP contribution in [0.5, 0.6) is 5.75 Å². The molecule has 2 aliphatic rings. The molecule has 4 N–H and O–H groups in total. The number of H-pyrrole nitrogens is 1. The number of aryl methyl sites for hydroxylation is 1. The van der Waals surface area contributed by atoms with Crippen molar-refractivity contribution in [3.05, 3.63) is 78.8 Å². The van der Waals surface area contributed by atoms with Crippen LogP contribution in [-0.4, -0.2) is 138 Å². The van der Waals surface area contributed by atoms with E-state index >= 15 is 0 Å². The number of aromatic hydroxyl groups is 1. The van der Waals surface area contributed by atoms with Crippen LogP contribution in [0.25, 0.3) is 10.2 Å². The van der Waals surface area contributed by atoms with Crippen LogP contribution in [0.4, 0.5) is 0 Å². The Morgan fingerprint density at radius 1 is 0.983 bits per heavy atom. The lowest BCUT2D eigenvalue weighted by Crippen LogP contribution is -2.58. The van der Waals surface area contributed by atoms with E-state index in [0.29, 0.717) is 83.1 Å². The van der Waals surface area contributed by atoms with Gasteiger partial charge in [-0.05, 0) is 80.7 Å². The third-order valence-corrected chi connectivity index (χ3v) is 13.5. The second-order valence-corrected chi connectivity index (χ2v) is 17.7. The molecular formula is C44H62N6O7S2. The molecule has 59 heavy (non-hydrogen) atoms. The molecular weight excluding hydrogens is 789 g/mol. The molecule has 2 aliphatic heterocycles. The number of carbonyl (C=O) groups is 2. The second kappa shape index (κ2) is 22.8. The first-order valence-electron chi connectivity index (χ1n) is 21.4. The Kier molecular flexibility index (Phi) is 17.3. The molecule has 0 atom stereocenters. The van der Waals surface area contributed by atoms with E-state index in [9.17, 15) is 19.5 Å². The fourth-order valence-electron chi connectivity index (χ4n) is 7.97. The molecule has 0 unspecified atom stereocenters. The highest BCUT2D eigenvalue weighted by Crippen LogP contribution is 2.31. The maximum Gasteiger partial charge on any atom is 0.305 e. The molecule has 2 amide bonds. The number of rotatable bonds is 23. The number of unbranched alkanes of at least 4 members (excludes halogenated alkanes) is 3. The van der Waals surface area contributed by atoms with Gasteiger partial charge in [0, 0.05) is 57.8 Å². The number of nitrogens with one attached hydrogen (secondary N) is 2. The number of ether oxygens (including phenoxy) is 2. The van der Waals surface area contributed by atoms with Crippen molar-refractivity contribution in [2.75, 3.05) is 85.3 Å². The minimum atomic E-state index is -0.261. The summed E-state index contributed by atoms with van der Waals surface area (Å²) in [6.45, 7) is 10.5. The van der Waals surface area contributed by atoms with Crippen LogP contribution < -0.4 is 10.2 Å². The zero-order valence-corrected chi connectivity index (χ0v) is 36.2. The summed E-state index contributed by atoms with van der Waals surface area (Å²) in [4.78, 5) is 51.7. The van der Waals surface area contributed by atoms with Crippen LogP contribution >= 0.6 is 22.7 Å². The van der Waals surface area contributed by atoms with E-state index in [4.69, 9.17) is 14.6 Å². The Hall–Kier alpha value is -3.70. The number of aliphatic hydroxyl groups is 1. The van der Waals surface area contributed by atoms with Crippen molar-refractivity contribution in [1.82, 2.24) is 30.0 Å². The van der Waals surface area contributed by atoms with Gasteiger partial charge in [-0.1, -0.05) is 61.4 Å². The summed E-state index contributed by atoms with van der Waals surface area (Å²) in [6, 6.07) is 12.2. The molecule has 0 aliphatic carbocycles. The standard InChI is InChI=1S/C44H62N6O7S2/c1-2-38-46-36(31-58-38)42(54)50-26-30-57-44(32-50)17-23-48(24-18-44)22-14-33-7-9-34(10-8-33)15-28-56-29-16-39(53)49(21-5-3-4-6-27-51)25-20-45-19-13-35-11-12-37(52)40-41(35)59-43(55)47-40/h7-12,31,45,51-52H,2-6,13-30,32H2,1H3,(H,47,55). The van der Waals surface area contributed by atoms with E-state index in [-0.39, 0.29) is 34.6 Å². The predicted octanol–water partition coefficient (Wildman–Crippen LogP) is 5.03. The quantitative estimate of drug-likeness (QED) is 0.0747. The number of hydrogen-bond donors (Lipinski definition) is 4. The van der Waals surface area contributed by atoms with Crippen molar-refractivity contribution in [2.24, 2.45) is 0 Å². The van der Waals surface area contributed by atoms with Crippen LogP contribution in [0.15, 0.2) is 46.6 Å². The predicted molar refractivity (Wildman–Crippen MR) is 234 cm³/mol. The minimum Gasteiger partial charge on any atom is -0.506 e. The molecule has 2 aromatic carbocycles. The molecule has 2 aromatic heterocycles. The van der Waals surface area contributed by atoms with Crippen molar-refractivity contribution in [3.63, 3.8) is 0 Å². The van der Waals surface area contributed by atoms with Crippen LogP contribution in [0.2, 0.25) is 0 Å². The monoisotopic (exact) mass is 850 g/mol. The second-order valence-electron chi connectivity index (χ2n) is 15.7. The Morgan fingerprint density at radius 2 is 1.76 bits per heavy atom. The highest BCUT2D eigenvalue weighted by Gasteiger charge is 2.41. The third kappa shape index (κ3) is 13.1. The normalized spacial score (nSPS) is 15.7. The number of nitrogens with zero attached hydrogens (tertiary/aromatic N) is 4. The molecule has 4 heterocycles. The Morgan fingerprint density at radius 3 is 2.53 bits per heavy atom. The van der Waals surface area contributed by atoms with Gasteiger partial charge in [0.05, 0.1) is 48.1 Å². The smallest absolute Gasteiger partial charge is 0.305 e. The van der Waals surface area contributed by atoms with Crippen molar-refractivity contribution in [2.45, 2.75) is 83.2 Å². The van der Waals surface area contributed by atoms with Gasteiger partial charge < -0.3 is 44.7 Å². The first-order valence-corrected chi connectivity index (χ1v) is 23.1. The maximum atomic E-state index is 13.2. The van der Waals surface area contributed by atoms with Gasteiger partial charge in [-0.3, -0.25) is 14.4 Å². The number of aliphatic hydroxyl groups excluding tert-OH is 1. The summed E-state index contributed by atoms with van der Waals surface area (Å²) >= 11 is 2.67. The van der Waals surface area contributed by atoms with Gasteiger partial charge >= 0.3 is 4.87 Å². The molecule has 0 radical (unpaired) electrons. The van der Waals surface area contributed by atoms with Gasteiger partial charge in [0.2, 0.25) is 5.91 Å². The van der Waals surface area contributed by atoms with Crippen LogP contribution in [0.1, 0.15) is 84.1 Å². The first-order chi connectivity index (χ1) is 28.8. The summed E-state index contributed by atoms with van der Waals surface area (Å²) in [7, 11) is 0. The van der Waals surface area contributed by atoms with Gasteiger partial charge in [-0.15, -0.1) is 11.3 Å². The summed E-state index contributed by atoms with van der Waals surface area (Å²) < 4.78 is 13.0. The number of carbonyl (C=O) groups excluding carboxylic acids is 2. The van der Waals surface area contributed by atoms with Crippen molar-refractivity contribution in [1.29, 1.82) is 0 Å². The third-order valence-electron chi connectivity index (χ3n) is 11.6. The number of phenols is 1. The Bertz CT molecular complexity index is 1970. The van der Waals surface area contributed by atoms with Crippen molar-refractivity contribution in [3.8, 4) is 5.75 Å². The summed E-state index contributed by atoms with van der Waals surface area (Å²) in [5, 5.41) is 25.5. The van der Waals surface area contributed by atoms with E-state index in [1.165, 1.54) is 11.1 Å². The number of aromatic nitrogens is 2. The lowest BCUT2D eigenvalue weighted by Gasteiger charge is -2.47. The van der Waals surface area contributed by atoms with E-state index in [0.717, 1.165) is 104 Å². The van der Waals surface area contributed by atoms with E-state index < -0.39 is 0 Å². The fourth-order valence-corrected chi connectivity index (χ4v) is 9.59. The van der Waals surface area contributed by atoms with Crippen LogP contribution in [-0.2, 0) is 40.0 Å². The van der Waals surface area contributed by atoms with E-state index in [1.54, 1.807) is 17.4 Å². The SMILES string of the molecule is CCc1nc(C(=O)N2CCOC3(CCN(CCc4ccc(CCOCCC(=O)N(CCCCCCO)CCNCCc5ccc(O)c6[nH]c(=O)sc56)cc4)CC3)C2)cs1. The molecule has 2 fully saturated rings. The van der Waals surface area contributed by atoms with E-state index in [1.807, 2.05) is 21.2 Å². The van der Waals surface area contributed by atoms with Gasteiger partial charge in [0.25, 0.3) is 5.91 Å². The van der Waals surface area contributed by atoms with Crippen molar-refractivity contribution >= 4 is 44.7 Å². The number of hydrogen-bond acceptors (Lipinski definition) is 12. The topological polar surface area (TPSA) is 161 Å². The summed E-state index contributed by atoms with van der Waals surface area (Å²) in [5.74, 6) is 0.188. The first kappa shape index (κ1) is 44.8. The molecule has 0 saturated carbocycles. The number of aromatic amines is 1. The molecule has 15 heteroatoms. The number of morpholine rings is 1.